The molecule has 0 bridgehead atoms. The minimum absolute atomic E-state index is 0.127. The number of nitrogens with one attached hydrogen (secondary N) is 1. The standard InChI is InChI=1S/C21H19F3N2O4/c1-2-3-18(30-15-6-5-14(10-25)16(9-15)21(22,23)24)20(27)26-11-13-4-7-17-19(8-13)29-12-28-17/h4-9,18H,2-3,11-12H2,1H3,(H,26,27). The van der Waals surface area contributed by atoms with Gasteiger partial charge < -0.3 is 19.5 Å². The highest BCUT2D eigenvalue weighted by Gasteiger charge is 2.34. The Bertz CT molecular complexity index is 970. The first-order chi connectivity index (χ1) is 14.3. The fourth-order valence-corrected chi connectivity index (χ4v) is 2.95. The van der Waals surface area contributed by atoms with Crippen molar-refractivity contribution in [2.24, 2.45) is 0 Å². The van der Waals surface area contributed by atoms with E-state index in [9.17, 15) is 18.0 Å². The van der Waals surface area contributed by atoms with Crippen LogP contribution >= 0.6 is 0 Å². The maximum absolute atomic E-state index is 13.2. The van der Waals surface area contributed by atoms with E-state index < -0.39 is 29.3 Å². The van der Waals surface area contributed by atoms with Crippen molar-refractivity contribution in [3.63, 3.8) is 0 Å². The Hall–Kier alpha value is -3.41. The zero-order chi connectivity index (χ0) is 21.7. The normalized spacial score (nSPS) is 13.4. The lowest BCUT2D eigenvalue weighted by Crippen LogP contribution is -2.38. The van der Waals surface area contributed by atoms with Crippen LogP contribution in [0.1, 0.15) is 36.5 Å². The van der Waals surface area contributed by atoms with Gasteiger partial charge in [0.25, 0.3) is 5.91 Å². The van der Waals surface area contributed by atoms with Crippen LogP contribution in [0.2, 0.25) is 0 Å². The SMILES string of the molecule is CCCC(Oc1ccc(C#N)c(C(F)(F)F)c1)C(=O)NCc1ccc2c(c1)OCO2. The number of ether oxygens (including phenoxy) is 3. The number of fused-ring (bicyclic) bond motifs is 1. The molecule has 9 heteroatoms. The van der Waals surface area contributed by atoms with E-state index in [1.165, 1.54) is 12.1 Å². The molecular formula is C21H19F3N2O4. The van der Waals surface area contributed by atoms with Gasteiger partial charge in [-0.2, -0.15) is 18.4 Å². The van der Waals surface area contributed by atoms with E-state index in [0.29, 0.717) is 24.3 Å². The zero-order valence-electron chi connectivity index (χ0n) is 16.1. The maximum atomic E-state index is 13.2. The molecule has 2 aromatic carbocycles. The zero-order valence-corrected chi connectivity index (χ0v) is 16.1. The molecule has 0 fully saturated rings. The summed E-state index contributed by atoms with van der Waals surface area (Å²) >= 11 is 0. The molecule has 1 amide bonds. The van der Waals surface area contributed by atoms with Gasteiger partial charge in [-0.25, -0.2) is 0 Å². The number of hydrogen-bond donors (Lipinski definition) is 1. The van der Waals surface area contributed by atoms with Gasteiger partial charge in [-0.15, -0.1) is 0 Å². The molecule has 2 aromatic rings. The van der Waals surface area contributed by atoms with Crippen molar-refractivity contribution in [1.82, 2.24) is 5.32 Å². The fourth-order valence-electron chi connectivity index (χ4n) is 2.95. The third-order valence-corrected chi connectivity index (χ3v) is 4.44. The molecule has 6 nitrogen and oxygen atoms in total. The molecule has 0 saturated carbocycles. The monoisotopic (exact) mass is 420 g/mol. The highest BCUT2D eigenvalue weighted by molar-refractivity contribution is 5.81. The van der Waals surface area contributed by atoms with E-state index >= 15 is 0 Å². The van der Waals surface area contributed by atoms with Crippen LogP contribution in [0.3, 0.4) is 0 Å². The van der Waals surface area contributed by atoms with Crippen molar-refractivity contribution in [3.05, 3.63) is 53.1 Å². The van der Waals surface area contributed by atoms with Gasteiger partial charge in [-0.3, -0.25) is 4.79 Å². The number of halogens is 3. The summed E-state index contributed by atoms with van der Waals surface area (Å²) in [5, 5.41) is 11.6. The highest BCUT2D eigenvalue weighted by Crippen LogP contribution is 2.35. The average molecular weight is 420 g/mol. The number of amides is 1. The summed E-state index contributed by atoms with van der Waals surface area (Å²) < 4.78 is 55.6. The molecule has 3 rings (SSSR count). The lowest BCUT2D eigenvalue weighted by Gasteiger charge is -2.19. The number of carbonyl (C=O) groups is 1. The van der Waals surface area contributed by atoms with Crippen LogP contribution in [0.5, 0.6) is 17.2 Å². The number of benzene rings is 2. The first-order valence-corrected chi connectivity index (χ1v) is 9.26. The van der Waals surface area contributed by atoms with E-state index in [2.05, 4.69) is 5.32 Å². The second kappa shape index (κ2) is 8.95. The van der Waals surface area contributed by atoms with Crippen LogP contribution in [0.15, 0.2) is 36.4 Å². The van der Waals surface area contributed by atoms with Crippen LogP contribution in [-0.4, -0.2) is 18.8 Å². The van der Waals surface area contributed by atoms with Gasteiger partial charge in [0.15, 0.2) is 17.6 Å². The van der Waals surface area contributed by atoms with Crippen LogP contribution in [0.4, 0.5) is 13.2 Å². The second-order valence-corrected chi connectivity index (χ2v) is 6.62. The highest BCUT2D eigenvalue weighted by atomic mass is 19.4. The summed E-state index contributed by atoms with van der Waals surface area (Å²) in [6, 6.07) is 9.80. The third kappa shape index (κ3) is 4.95. The Morgan fingerprint density at radius 2 is 2.00 bits per heavy atom. The minimum atomic E-state index is -4.70. The Kier molecular flexibility index (Phi) is 6.35. The van der Waals surface area contributed by atoms with Crippen molar-refractivity contribution in [2.75, 3.05) is 6.79 Å². The molecule has 0 spiro atoms. The fraction of sp³-hybridized carbons (Fsp3) is 0.333. The van der Waals surface area contributed by atoms with Crippen molar-refractivity contribution >= 4 is 5.91 Å². The summed E-state index contributed by atoms with van der Waals surface area (Å²) in [6.45, 7) is 2.17. The minimum Gasteiger partial charge on any atom is -0.481 e. The Morgan fingerprint density at radius 1 is 1.23 bits per heavy atom. The van der Waals surface area contributed by atoms with Crippen molar-refractivity contribution in [1.29, 1.82) is 5.26 Å². The lowest BCUT2D eigenvalue weighted by molar-refractivity contribution is -0.137. The van der Waals surface area contributed by atoms with E-state index in [1.807, 2.05) is 6.92 Å². The van der Waals surface area contributed by atoms with E-state index in [-0.39, 0.29) is 19.1 Å². The predicted molar refractivity (Wildman–Crippen MR) is 99.9 cm³/mol. The second-order valence-electron chi connectivity index (χ2n) is 6.62. The van der Waals surface area contributed by atoms with Gasteiger partial charge in [-0.05, 0) is 42.3 Å². The number of nitriles is 1. The summed E-state index contributed by atoms with van der Waals surface area (Å²) in [5.74, 6) is 0.629. The Morgan fingerprint density at radius 3 is 2.70 bits per heavy atom. The van der Waals surface area contributed by atoms with Crippen LogP contribution in [0, 0.1) is 11.3 Å². The van der Waals surface area contributed by atoms with Gasteiger partial charge in [0.2, 0.25) is 6.79 Å². The molecule has 1 atom stereocenters. The molecule has 0 saturated heterocycles. The number of nitrogens with zero attached hydrogens (tertiary/aromatic N) is 1. The largest absolute Gasteiger partial charge is 0.481 e. The molecule has 0 aromatic heterocycles. The van der Waals surface area contributed by atoms with E-state index in [0.717, 1.165) is 17.7 Å². The van der Waals surface area contributed by atoms with Gasteiger partial charge in [0.05, 0.1) is 17.2 Å². The van der Waals surface area contributed by atoms with Gasteiger partial charge in [-0.1, -0.05) is 19.4 Å². The topological polar surface area (TPSA) is 80.6 Å². The first kappa shape index (κ1) is 21.3. The van der Waals surface area contributed by atoms with Crippen LogP contribution in [0.25, 0.3) is 0 Å². The molecule has 158 valence electrons. The van der Waals surface area contributed by atoms with Gasteiger partial charge in [0.1, 0.15) is 5.75 Å². The molecule has 1 aliphatic rings. The number of carbonyl (C=O) groups excluding carboxylic acids is 1. The average Bonchev–Trinajstić information content (AvgIpc) is 3.19. The first-order valence-electron chi connectivity index (χ1n) is 9.26. The summed E-state index contributed by atoms with van der Waals surface area (Å²) in [6.07, 6.45) is -4.77. The molecule has 1 unspecified atom stereocenters. The van der Waals surface area contributed by atoms with Crippen LogP contribution in [-0.2, 0) is 17.5 Å². The smallest absolute Gasteiger partial charge is 0.417 e. The van der Waals surface area contributed by atoms with Crippen molar-refractivity contribution in [3.8, 4) is 23.3 Å². The van der Waals surface area contributed by atoms with Crippen molar-refractivity contribution < 1.29 is 32.2 Å². The molecule has 0 aliphatic carbocycles. The molecule has 0 radical (unpaired) electrons. The van der Waals surface area contributed by atoms with Crippen molar-refractivity contribution in [2.45, 2.75) is 38.6 Å². The van der Waals surface area contributed by atoms with E-state index in [1.54, 1.807) is 18.2 Å². The summed E-state index contributed by atoms with van der Waals surface area (Å²) in [5.41, 5.74) is -0.826. The van der Waals surface area contributed by atoms with Gasteiger partial charge in [0, 0.05) is 6.54 Å². The predicted octanol–water partition coefficient (Wildman–Crippen LogP) is 4.17. The number of rotatable bonds is 7. The Labute approximate surface area is 171 Å². The molecule has 30 heavy (non-hydrogen) atoms. The molecule has 1 aliphatic heterocycles. The number of hydrogen-bond acceptors (Lipinski definition) is 5. The lowest BCUT2D eigenvalue weighted by atomic mass is 10.1. The number of alkyl halides is 3. The molecule has 1 heterocycles. The summed E-state index contributed by atoms with van der Waals surface area (Å²) in [7, 11) is 0. The molecule has 1 N–H and O–H groups in total. The third-order valence-electron chi connectivity index (χ3n) is 4.44. The summed E-state index contributed by atoms with van der Waals surface area (Å²) in [4.78, 5) is 12.6. The van der Waals surface area contributed by atoms with Crippen LogP contribution < -0.4 is 19.5 Å². The quantitative estimate of drug-likeness (QED) is 0.727. The maximum Gasteiger partial charge on any atom is 0.417 e. The van der Waals surface area contributed by atoms with E-state index in [4.69, 9.17) is 19.5 Å². The molecular weight excluding hydrogens is 401 g/mol. The van der Waals surface area contributed by atoms with Gasteiger partial charge >= 0.3 is 6.18 Å². The Balaban J connectivity index is 1.69.